The summed E-state index contributed by atoms with van der Waals surface area (Å²) in [5, 5.41) is 18.8. The molecule has 1 aliphatic carbocycles. The summed E-state index contributed by atoms with van der Waals surface area (Å²) < 4.78 is 6.48. The van der Waals surface area contributed by atoms with Crippen LogP contribution in [0.5, 0.6) is 0 Å². The Morgan fingerprint density at radius 2 is 1.38 bits per heavy atom. The summed E-state index contributed by atoms with van der Waals surface area (Å²) in [7, 11) is 2.17. The van der Waals surface area contributed by atoms with Gasteiger partial charge in [0.1, 0.15) is 20.3 Å². The maximum Gasteiger partial charge on any atom is 0.217 e. The topological polar surface area (TPSA) is 52.1 Å². The van der Waals surface area contributed by atoms with Crippen molar-refractivity contribution in [2.24, 2.45) is 7.05 Å². The SMILES string of the molecule is CCCCC1(CCCC)c2c[n+](CCO)ccc2-c2c1cc(-c1cc[n+](CCO)cc1)c[n+]2C. The molecule has 0 fully saturated rings. The molecular weight excluding hydrogens is 422 g/mol. The van der Waals surface area contributed by atoms with E-state index in [1.54, 1.807) is 0 Å². The fourth-order valence-corrected chi connectivity index (χ4v) is 5.64. The predicted molar refractivity (Wildman–Crippen MR) is 133 cm³/mol. The number of unbranched alkanes of at least 4 members (excludes halogenated alkanes) is 2. The van der Waals surface area contributed by atoms with Crippen LogP contribution in [0.4, 0.5) is 0 Å². The summed E-state index contributed by atoms with van der Waals surface area (Å²) in [5.41, 5.74) is 7.94. The van der Waals surface area contributed by atoms with Gasteiger partial charge < -0.3 is 10.2 Å². The Balaban J connectivity index is 1.90. The molecule has 3 aromatic rings. The molecular formula is C29H40N3O2+3. The van der Waals surface area contributed by atoms with Crippen LogP contribution in [0.1, 0.15) is 63.5 Å². The summed E-state index contributed by atoms with van der Waals surface area (Å²) in [5.74, 6) is 0. The molecule has 5 nitrogen and oxygen atoms in total. The summed E-state index contributed by atoms with van der Waals surface area (Å²) in [4.78, 5) is 0. The number of hydrogen-bond donors (Lipinski definition) is 2. The van der Waals surface area contributed by atoms with Gasteiger partial charge in [0.25, 0.3) is 0 Å². The van der Waals surface area contributed by atoms with Crippen molar-refractivity contribution in [3.05, 3.63) is 66.4 Å². The molecule has 0 saturated heterocycles. The maximum absolute atomic E-state index is 9.57. The summed E-state index contributed by atoms with van der Waals surface area (Å²) >= 11 is 0. The average Bonchev–Trinajstić information content (AvgIpc) is 3.12. The minimum atomic E-state index is -0.00545. The number of aliphatic hydroxyl groups excluding tert-OH is 2. The van der Waals surface area contributed by atoms with Crippen molar-refractivity contribution in [1.29, 1.82) is 0 Å². The van der Waals surface area contributed by atoms with E-state index in [2.05, 4.69) is 72.9 Å². The van der Waals surface area contributed by atoms with Gasteiger partial charge in [-0.15, -0.1) is 0 Å². The minimum Gasteiger partial charge on any atom is -0.390 e. The van der Waals surface area contributed by atoms with E-state index >= 15 is 0 Å². The van der Waals surface area contributed by atoms with Gasteiger partial charge in [-0.3, -0.25) is 0 Å². The lowest BCUT2D eigenvalue weighted by Gasteiger charge is -2.30. The van der Waals surface area contributed by atoms with E-state index in [-0.39, 0.29) is 18.6 Å². The largest absolute Gasteiger partial charge is 0.390 e. The van der Waals surface area contributed by atoms with Gasteiger partial charge in [0.2, 0.25) is 5.69 Å². The van der Waals surface area contributed by atoms with Crippen LogP contribution in [0.25, 0.3) is 22.4 Å². The van der Waals surface area contributed by atoms with E-state index in [0.29, 0.717) is 13.1 Å². The molecule has 0 radical (unpaired) electrons. The Hall–Kier alpha value is -2.63. The van der Waals surface area contributed by atoms with Crippen molar-refractivity contribution in [2.45, 2.75) is 70.9 Å². The normalized spacial score (nSPS) is 13.7. The molecule has 3 heterocycles. The van der Waals surface area contributed by atoms with E-state index < -0.39 is 0 Å². The molecule has 0 unspecified atom stereocenters. The van der Waals surface area contributed by atoms with Crippen LogP contribution >= 0.6 is 0 Å². The van der Waals surface area contributed by atoms with Crippen molar-refractivity contribution in [3.8, 4) is 22.4 Å². The highest BCUT2D eigenvalue weighted by Gasteiger charge is 2.48. The standard InChI is InChI=1S/C29H40N3O2/c1-4-6-11-29(12-7-5-2)26-20-24(23-8-13-31(14-9-23)16-18-33)21-30(3)28(26)25-10-15-32(17-19-34)22-27(25)29/h8-10,13-15,20-22,33-34H,4-7,11-12,16-19H2,1-3H3/q+3. The minimum absolute atomic E-state index is 0.00545. The van der Waals surface area contributed by atoms with Gasteiger partial charge in [-0.05, 0) is 24.5 Å². The molecule has 0 aromatic carbocycles. The highest BCUT2D eigenvalue weighted by Crippen LogP contribution is 2.53. The van der Waals surface area contributed by atoms with Crippen LogP contribution in [0, 0.1) is 0 Å². The zero-order valence-corrected chi connectivity index (χ0v) is 21.0. The molecule has 5 heteroatoms. The van der Waals surface area contributed by atoms with Gasteiger partial charge in [-0.2, -0.15) is 0 Å². The second-order valence-electron chi connectivity index (χ2n) is 9.67. The number of pyridine rings is 3. The van der Waals surface area contributed by atoms with Crippen molar-refractivity contribution in [1.82, 2.24) is 0 Å². The first-order valence-electron chi connectivity index (χ1n) is 12.9. The quantitative estimate of drug-likeness (QED) is 0.429. The molecule has 1 aliphatic rings. The Bertz CT molecular complexity index is 1120. The van der Waals surface area contributed by atoms with Crippen LogP contribution in [-0.4, -0.2) is 23.4 Å². The van der Waals surface area contributed by atoms with Crippen molar-refractivity contribution in [3.63, 3.8) is 0 Å². The third-order valence-electron chi connectivity index (χ3n) is 7.40. The van der Waals surface area contributed by atoms with Gasteiger partial charge in [0.05, 0.1) is 5.56 Å². The van der Waals surface area contributed by atoms with Crippen LogP contribution in [-0.2, 0) is 25.6 Å². The lowest BCUT2D eigenvalue weighted by molar-refractivity contribution is -0.698. The van der Waals surface area contributed by atoms with E-state index in [1.807, 2.05) is 17.0 Å². The Morgan fingerprint density at radius 1 is 0.765 bits per heavy atom. The number of hydrogen-bond acceptors (Lipinski definition) is 2. The number of rotatable bonds is 11. The molecule has 4 rings (SSSR count). The summed E-state index contributed by atoms with van der Waals surface area (Å²) in [6, 6.07) is 8.98. The summed E-state index contributed by atoms with van der Waals surface area (Å²) in [6.45, 7) is 6.08. The average molecular weight is 463 g/mol. The predicted octanol–water partition coefficient (Wildman–Crippen LogP) is 3.38. The molecule has 0 spiro atoms. The summed E-state index contributed by atoms with van der Waals surface area (Å²) in [6.07, 6.45) is 17.8. The van der Waals surface area contributed by atoms with Crippen molar-refractivity contribution < 1.29 is 23.9 Å². The maximum atomic E-state index is 9.57. The highest BCUT2D eigenvalue weighted by atomic mass is 16.3. The number of aryl methyl sites for hydroxylation is 1. The number of nitrogens with zero attached hydrogens (tertiary/aromatic N) is 3. The zero-order chi connectivity index (χ0) is 24.1. The van der Waals surface area contributed by atoms with E-state index in [1.165, 1.54) is 59.2 Å². The third kappa shape index (κ3) is 4.51. The molecule has 0 amide bonds. The number of aliphatic hydroxyl groups is 2. The molecule has 0 saturated carbocycles. The van der Waals surface area contributed by atoms with Gasteiger partial charge in [-0.1, -0.05) is 39.5 Å². The second-order valence-corrected chi connectivity index (χ2v) is 9.67. The first-order chi connectivity index (χ1) is 16.6. The Morgan fingerprint density at radius 3 is 2.00 bits per heavy atom. The Labute approximate surface area is 204 Å². The number of aromatic nitrogens is 3. The lowest BCUT2D eigenvalue weighted by Crippen LogP contribution is -2.37. The fourth-order valence-electron chi connectivity index (χ4n) is 5.64. The van der Waals surface area contributed by atoms with E-state index in [0.717, 1.165) is 12.8 Å². The Kier molecular flexibility index (Phi) is 7.74. The molecule has 0 aliphatic heterocycles. The van der Waals surface area contributed by atoms with Crippen molar-refractivity contribution >= 4 is 0 Å². The van der Waals surface area contributed by atoms with Gasteiger partial charge in [0, 0.05) is 40.3 Å². The third-order valence-corrected chi connectivity index (χ3v) is 7.40. The molecule has 2 N–H and O–H groups in total. The first-order valence-corrected chi connectivity index (χ1v) is 12.9. The van der Waals surface area contributed by atoms with E-state index in [4.69, 9.17) is 0 Å². The van der Waals surface area contributed by atoms with Crippen molar-refractivity contribution in [2.75, 3.05) is 13.2 Å². The van der Waals surface area contributed by atoms with Crippen LogP contribution in [0.3, 0.4) is 0 Å². The van der Waals surface area contributed by atoms with E-state index in [9.17, 15) is 10.2 Å². The van der Waals surface area contributed by atoms with Crippen LogP contribution in [0.15, 0.2) is 55.2 Å². The first kappa shape index (κ1) is 24.5. The zero-order valence-electron chi connectivity index (χ0n) is 21.0. The smallest absolute Gasteiger partial charge is 0.217 e. The monoisotopic (exact) mass is 462 g/mol. The van der Waals surface area contributed by atoms with Gasteiger partial charge in [0.15, 0.2) is 44.1 Å². The lowest BCUT2D eigenvalue weighted by atomic mass is 9.71. The highest BCUT2D eigenvalue weighted by molar-refractivity contribution is 5.77. The molecule has 180 valence electrons. The molecule has 0 bridgehead atoms. The van der Waals surface area contributed by atoms with Crippen LogP contribution < -0.4 is 13.7 Å². The molecule has 0 atom stereocenters. The van der Waals surface area contributed by atoms with Crippen LogP contribution in [0.2, 0.25) is 0 Å². The van der Waals surface area contributed by atoms with Gasteiger partial charge in [-0.25, -0.2) is 13.7 Å². The second kappa shape index (κ2) is 10.7. The molecule has 34 heavy (non-hydrogen) atoms. The number of fused-ring (bicyclic) bond motifs is 3. The fraction of sp³-hybridized carbons (Fsp3) is 0.483. The molecule has 3 aromatic heterocycles. The van der Waals surface area contributed by atoms with Gasteiger partial charge >= 0.3 is 0 Å².